The van der Waals surface area contributed by atoms with Gasteiger partial charge in [-0.25, -0.2) is 0 Å². The number of carbonyl (C=O) groups excluding carboxylic acids is 1. The molecule has 0 saturated heterocycles. The van der Waals surface area contributed by atoms with Gasteiger partial charge in [0, 0.05) is 9.13 Å². The van der Waals surface area contributed by atoms with Crippen LogP contribution in [0, 0.1) is 3.57 Å². The second kappa shape index (κ2) is 5.09. The Morgan fingerprint density at radius 2 is 2.29 bits per heavy atom. The molecule has 0 fully saturated rings. The van der Waals surface area contributed by atoms with Gasteiger partial charge in [0.25, 0.3) is 0 Å². The highest BCUT2D eigenvalue weighted by atomic mass is 127. The average molecular weight is 325 g/mol. The van der Waals surface area contributed by atoms with Crippen LogP contribution in [0.2, 0.25) is 0 Å². The molecular formula is C10H10ClIO2. The van der Waals surface area contributed by atoms with Crippen LogP contribution < -0.4 is 0 Å². The highest BCUT2D eigenvalue weighted by Gasteiger charge is 2.13. The predicted octanol–water partition coefficient (Wildman–Crippen LogP) is 2.59. The number of halogens is 2. The Morgan fingerprint density at radius 1 is 1.64 bits per heavy atom. The van der Waals surface area contributed by atoms with E-state index in [0.29, 0.717) is 5.56 Å². The average Bonchev–Trinajstić information content (AvgIpc) is 2.17. The molecule has 0 heterocycles. The molecule has 0 spiro atoms. The Morgan fingerprint density at radius 3 is 2.79 bits per heavy atom. The predicted molar refractivity (Wildman–Crippen MR) is 64.7 cm³/mol. The van der Waals surface area contributed by atoms with Crippen LogP contribution in [0.1, 0.15) is 22.8 Å². The maximum atomic E-state index is 11.5. The largest absolute Gasteiger partial charge is 0.392 e. The van der Waals surface area contributed by atoms with Crippen molar-refractivity contribution in [3.8, 4) is 0 Å². The monoisotopic (exact) mass is 324 g/mol. The van der Waals surface area contributed by atoms with E-state index in [9.17, 15) is 4.79 Å². The maximum absolute atomic E-state index is 11.5. The number of hydrogen-bond donors (Lipinski definition) is 1. The summed E-state index contributed by atoms with van der Waals surface area (Å²) in [5.74, 6) is -0.113. The fourth-order valence-corrected chi connectivity index (χ4v) is 1.71. The molecule has 1 unspecified atom stereocenters. The van der Waals surface area contributed by atoms with Gasteiger partial charge < -0.3 is 5.11 Å². The fourth-order valence-electron chi connectivity index (χ4n) is 1.08. The summed E-state index contributed by atoms with van der Waals surface area (Å²) in [6.07, 6.45) is 0. The van der Waals surface area contributed by atoms with Gasteiger partial charge in [-0.1, -0.05) is 6.07 Å². The minimum atomic E-state index is -0.526. The second-order valence-corrected chi connectivity index (χ2v) is 4.76. The fraction of sp³-hybridized carbons (Fsp3) is 0.300. The van der Waals surface area contributed by atoms with E-state index in [1.54, 1.807) is 25.1 Å². The maximum Gasteiger partial charge on any atom is 0.180 e. The molecule has 0 aliphatic rings. The lowest BCUT2D eigenvalue weighted by molar-refractivity contribution is 0.0991. The minimum Gasteiger partial charge on any atom is -0.392 e. The van der Waals surface area contributed by atoms with Crippen LogP contribution in [-0.2, 0) is 6.61 Å². The van der Waals surface area contributed by atoms with Crippen molar-refractivity contribution in [3.63, 3.8) is 0 Å². The van der Waals surface area contributed by atoms with Crippen molar-refractivity contribution < 1.29 is 9.90 Å². The highest BCUT2D eigenvalue weighted by Crippen LogP contribution is 2.16. The van der Waals surface area contributed by atoms with Gasteiger partial charge in [0.1, 0.15) is 0 Å². The highest BCUT2D eigenvalue weighted by molar-refractivity contribution is 14.1. The van der Waals surface area contributed by atoms with Gasteiger partial charge in [-0.05, 0) is 47.2 Å². The summed E-state index contributed by atoms with van der Waals surface area (Å²) in [7, 11) is 0. The Kier molecular flexibility index (Phi) is 4.34. The summed E-state index contributed by atoms with van der Waals surface area (Å²) in [5.41, 5.74) is 1.31. The van der Waals surface area contributed by atoms with Gasteiger partial charge in [0.2, 0.25) is 0 Å². The van der Waals surface area contributed by atoms with E-state index in [4.69, 9.17) is 16.7 Å². The van der Waals surface area contributed by atoms with Crippen LogP contribution in [0.4, 0.5) is 0 Å². The molecule has 14 heavy (non-hydrogen) atoms. The van der Waals surface area contributed by atoms with E-state index in [-0.39, 0.29) is 12.4 Å². The van der Waals surface area contributed by atoms with Crippen molar-refractivity contribution in [2.75, 3.05) is 0 Å². The normalized spacial score (nSPS) is 12.6. The zero-order chi connectivity index (χ0) is 10.7. The number of aliphatic hydroxyl groups is 1. The number of aliphatic hydroxyl groups excluding tert-OH is 1. The van der Waals surface area contributed by atoms with E-state index in [0.717, 1.165) is 9.13 Å². The molecule has 2 nitrogen and oxygen atoms in total. The molecule has 0 aliphatic heterocycles. The van der Waals surface area contributed by atoms with Crippen molar-refractivity contribution in [1.29, 1.82) is 0 Å². The molecule has 1 atom stereocenters. The molecule has 0 bridgehead atoms. The van der Waals surface area contributed by atoms with E-state index in [1.165, 1.54) is 0 Å². The molecule has 0 aromatic heterocycles. The smallest absolute Gasteiger partial charge is 0.180 e. The summed E-state index contributed by atoms with van der Waals surface area (Å²) < 4.78 is 0.948. The number of rotatable bonds is 3. The number of ketones is 1. The van der Waals surface area contributed by atoms with E-state index >= 15 is 0 Å². The number of hydrogen-bond acceptors (Lipinski definition) is 2. The first-order valence-corrected chi connectivity index (χ1v) is 5.65. The number of carbonyl (C=O) groups is 1. The summed E-state index contributed by atoms with van der Waals surface area (Å²) in [5, 5.41) is 8.49. The number of alkyl halides is 1. The van der Waals surface area contributed by atoms with E-state index in [2.05, 4.69) is 22.6 Å². The van der Waals surface area contributed by atoms with Gasteiger partial charge in [-0.15, -0.1) is 11.6 Å². The molecule has 1 aromatic rings. The third kappa shape index (κ3) is 2.68. The summed E-state index contributed by atoms with van der Waals surface area (Å²) in [4.78, 5) is 11.5. The van der Waals surface area contributed by atoms with Crippen LogP contribution in [0.5, 0.6) is 0 Å². The van der Waals surface area contributed by atoms with Crippen molar-refractivity contribution in [2.24, 2.45) is 0 Å². The van der Waals surface area contributed by atoms with Gasteiger partial charge in [0.15, 0.2) is 5.78 Å². The third-order valence-corrected chi connectivity index (χ3v) is 3.11. The SMILES string of the molecule is CC(Cl)C(=O)c1ccc(I)c(CO)c1. The number of Topliss-reactive ketones (excluding diaryl/α,β-unsaturated/α-hetero) is 1. The summed E-state index contributed by atoms with van der Waals surface area (Å²) >= 11 is 7.80. The molecular weight excluding hydrogens is 314 g/mol. The van der Waals surface area contributed by atoms with E-state index in [1.807, 2.05) is 0 Å². The lowest BCUT2D eigenvalue weighted by atomic mass is 10.1. The van der Waals surface area contributed by atoms with Crippen LogP contribution in [0.15, 0.2) is 18.2 Å². The molecule has 1 rings (SSSR count). The molecule has 0 amide bonds. The first kappa shape index (κ1) is 11.9. The van der Waals surface area contributed by atoms with Gasteiger partial charge in [-0.2, -0.15) is 0 Å². The number of benzene rings is 1. The van der Waals surface area contributed by atoms with Crippen molar-refractivity contribution in [2.45, 2.75) is 18.9 Å². The zero-order valence-electron chi connectivity index (χ0n) is 7.63. The van der Waals surface area contributed by atoms with Crippen molar-refractivity contribution in [1.82, 2.24) is 0 Å². The van der Waals surface area contributed by atoms with Crippen LogP contribution in [-0.4, -0.2) is 16.3 Å². The summed E-state index contributed by atoms with van der Waals surface area (Å²) in [6, 6.07) is 5.21. The first-order chi connectivity index (χ1) is 6.56. The topological polar surface area (TPSA) is 37.3 Å². The van der Waals surface area contributed by atoms with Crippen LogP contribution >= 0.6 is 34.2 Å². The standard InChI is InChI=1S/C10H10ClIO2/c1-6(11)10(14)7-2-3-9(12)8(4-7)5-13/h2-4,6,13H,5H2,1H3. The second-order valence-electron chi connectivity index (χ2n) is 2.94. The Labute approximate surface area is 101 Å². The van der Waals surface area contributed by atoms with Gasteiger partial charge >= 0.3 is 0 Å². The quantitative estimate of drug-likeness (QED) is 0.527. The molecule has 0 aliphatic carbocycles. The van der Waals surface area contributed by atoms with E-state index < -0.39 is 5.38 Å². The first-order valence-electron chi connectivity index (χ1n) is 4.14. The lowest BCUT2D eigenvalue weighted by Gasteiger charge is -2.06. The Bertz CT molecular complexity index is 350. The Balaban J connectivity index is 3.06. The zero-order valence-corrected chi connectivity index (χ0v) is 10.5. The molecule has 76 valence electrons. The molecule has 0 saturated carbocycles. The lowest BCUT2D eigenvalue weighted by Crippen LogP contribution is -2.11. The van der Waals surface area contributed by atoms with Crippen LogP contribution in [0.3, 0.4) is 0 Å². The van der Waals surface area contributed by atoms with Crippen LogP contribution in [0.25, 0.3) is 0 Å². The van der Waals surface area contributed by atoms with Gasteiger partial charge in [0.05, 0.1) is 12.0 Å². The third-order valence-electron chi connectivity index (χ3n) is 1.86. The van der Waals surface area contributed by atoms with Gasteiger partial charge in [-0.3, -0.25) is 4.79 Å². The molecule has 1 N–H and O–H groups in total. The molecule has 0 radical (unpaired) electrons. The van der Waals surface area contributed by atoms with Crippen molar-refractivity contribution in [3.05, 3.63) is 32.9 Å². The van der Waals surface area contributed by atoms with Crippen molar-refractivity contribution >= 4 is 40.0 Å². The molecule has 1 aromatic carbocycles. The summed E-state index contributed by atoms with van der Waals surface area (Å²) in [6.45, 7) is 1.58. The Hall–Kier alpha value is -0.130. The minimum absolute atomic E-state index is 0.0595. The molecule has 4 heteroatoms.